The number of aliphatic hydroxyl groups excluding tert-OH is 1. The zero-order valence-electron chi connectivity index (χ0n) is 14.8. The van der Waals surface area contributed by atoms with Crippen molar-refractivity contribution in [2.24, 2.45) is 5.41 Å². The number of nitrogens with one attached hydrogen (secondary N) is 1. The number of aryl methyl sites for hydroxylation is 1. The molecule has 26 heavy (non-hydrogen) atoms. The number of alkyl halides is 3. The molecule has 142 valence electrons. The highest BCUT2D eigenvalue weighted by molar-refractivity contribution is 5.31. The molecule has 1 aliphatic heterocycles. The molecule has 0 aliphatic carbocycles. The van der Waals surface area contributed by atoms with Gasteiger partial charge >= 0.3 is 6.18 Å². The lowest BCUT2D eigenvalue weighted by molar-refractivity contribution is -0.138. The van der Waals surface area contributed by atoms with Crippen LogP contribution in [0.2, 0.25) is 0 Å². The van der Waals surface area contributed by atoms with Crippen LogP contribution in [-0.4, -0.2) is 39.7 Å². The van der Waals surface area contributed by atoms with Crippen LogP contribution in [0.4, 0.5) is 13.2 Å². The Bertz CT molecular complexity index is 734. The summed E-state index contributed by atoms with van der Waals surface area (Å²) in [5.41, 5.74) is 0.207. The average molecular weight is 367 g/mol. The number of imidazole rings is 1. The lowest BCUT2D eigenvalue weighted by atomic mass is 9.73. The summed E-state index contributed by atoms with van der Waals surface area (Å²) < 4.78 is 39.8. The van der Waals surface area contributed by atoms with Gasteiger partial charge < -0.3 is 10.1 Å². The lowest BCUT2D eigenvalue weighted by Crippen LogP contribution is -2.43. The molecule has 2 heterocycles. The van der Waals surface area contributed by atoms with Gasteiger partial charge in [0, 0.05) is 25.0 Å². The van der Waals surface area contributed by atoms with Crippen molar-refractivity contribution >= 4 is 0 Å². The molecular formula is C19H24F3N3O. The summed E-state index contributed by atoms with van der Waals surface area (Å²) in [4.78, 5) is 9.63. The Balaban J connectivity index is 1.68. The number of aromatic nitrogens is 2. The number of hydrogen-bond donors (Lipinski definition) is 2. The number of likely N-dealkylation sites (tertiary alicyclic amines) is 1. The Morgan fingerprint density at radius 3 is 2.50 bits per heavy atom. The van der Waals surface area contributed by atoms with Gasteiger partial charge in [0.1, 0.15) is 5.82 Å². The summed E-state index contributed by atoms with van der Waals surface area (Å²) in [5, 5.41) is 9.96. The fraction of sp³-hybridized carbons (Fsp3) is 0.526. The SMILES string of the molecule is Cc1ncc(CN2CCC(CO)(Cc3ccccc3C(F)(F)F)CC2)[nH]1. The van der Waals surface area contributed by atoms with Crippen molar-refractivity contribution in [2.75, 3.05) is 19.7 Å². The monoisotopic (exact) mass is 367 g/mol. The van der Waals surface area contributed by atoms with Gasteiger partial charge in [-0.1, -0.05) is 18.2 Å². The van der Waals surface area contributed by atoms with Crippen LogP contribution in [0.25, 0.3) is 0 Å². The molecule has 2 N–H and O–H groups in total. The molecule has 0 amide bonds. The molecule has 0 bridgehead atoms. The highest BCUT2D eigenvalue weighted by Crippen LogP contribution is 2.39. The molecule has 1 aromatic carbocycles. The van der Waals surface area contributed by atoms with E-state index in [-0.39, 0.29) is 18.6 Å². The number of benzene rings is 1. The van der Waals surface area contributed by atoms with Crippen molar-refractivity contribution in [1.29, 1.82) is 0 Å². The number of aromatic amines is 1. The summed E-state index contributed by atoms with van der Waals surface area (Å²) in [6, 6.07) is 5.69. The Labute approximate surface area is 151 Å². The van der Waals surface area contributed by atoms with Gasteiger partial charge in [0.15, 0.2) is 0 Å². The number of halogens is 3. The maximum atomic E-state index is 13.3. The smallest absolute Gasteiger partial charge is 0.396 e. The van der Waals surface area contributed by atoms with Gasteiger partial charge in [0.05, 0.1) is 5.56 Å². The zero-order chi connectivity index (χ0) is 18.8. The number of rotatable bonds is 5. The van der Waals surface area contributed by atoms with E-state index in [1.54, 1.807) is 6.07 Å². The third-order valence-electron chi connectivity index (χ3n) is 5.29. The van der Waals surface area contributed by atoms with Gasteiger partial charge in [0.2, 0.25) is 0 Å². The van der Waals surface area contributed by atoms with Crippen LogP contribution in [0.15, 0.2) is 30.5 Å². The van der Waals surface area contributed by atoms with Crippen molar-refractivity contribution in [3.8, 4) is 0 Å². The molecular weight excluding hydrogens is 343 g/mol. The fourth-order valence-corrected chi connectivity index (χ4v) is 3.72. The minimum Gasteiger partial charge on any atom is -0.396 e. The Morgan fingerprint density at radius 2 is 1.92 bits per heavy atom. The van der Waals surface area contributed by atoms with Crippen LogP contribution >= 0.6 is 0 Å². The predicted octanol–water partition coefficient (Wildman–Crippen LogP) is 3.55. The lowest BCUT2D eigenvalue weighted by Gasteiger charge is -2.41. The molecule has 2 aromatic rings. The second-order valence-electron chi connectivity index (χ2n) is 7.26. The number of nitrogens with zero attached hydrogens (tertiary/aromatic N) is 2. The van der Waals surface area contributed by atoms with Gasteiger partial charge in [-0.15, -0.1) is 0 Å². The first-order chi connectivity index (χ1) is 12.3. The summed E-state index contributed by atoms with van der Waals surface area (Å²) >= 11 is 0. The molecule has 0 atom stereocenters. The summed E-state index contributed by atoms with van der Waals surface area (Å²) in [5.74, 6) is 0.866. The molecule has 7 heteroatoms. The van der Waals surface area contributed by atoms with Crippen molar-refractivity contribution in [3.63, 3.8) is 0 Å². The first kappa shape index (κ1) is 18.9. The third-order valence-corrected chi connectivity index (χ3v) is 5.29. The first-order valence-electron chi connectivity index (χ1n) is 8.80. The molecule has 1 saturated heterocycles. The highest BCUT2D eigenvalue weighted by atomic mass is 19.4. The number of hydrogen-bond acceptors (Lipinski definition) is 3. The number of aliphatic hydroxyl groups is 1. The molecule has 0 spiro atoms. The molecule has 4 nitrogen and oxygen atoms in total. The van der Waals surface area contributed by atoms with E-state index in [0.29, 0.717) is 12.8 Å². The Morgan fingerprint density at radius 1 is 1.23 bits per heavy atom. The number of piperidine rings is 1. The molecule has 0 radical (unpaired) electrons. The summed E-state index contributed by atoms with van der Waals surface area (Å²) in [7, 11) is 0. The van der Waals surface area contributed by atoms with Crippen molar-refractivity contribution in [1.82, 2.24) is 14.9 Å². The molecule has 3 rings (SSSR count). The van der Waals surface area contributed by atoms with E-state index in [0.717, 1.165) is 37.2 Å². The molecule has 1 fully saturated rings. The number of H-pyrrole nitrogens is 1. The normalized spacial score (nSPS) is 18.2. The van der Waals surface area contributed by atoms with Crippen LogP contribution in [0.5, 0.6) is 0 Å². The van der Waals surface area contributed by atoms with E-state index in [4.69, 9.17) is 0 Å². The second kappa shape index (κ2) is 7.40. The van der Waals surface area contributed by atoms with Crippen molar-refractivity contribution in [2.45, 2.75) is 38.9 Å². The van der Waals surface area contributed by atoms with E-state index in [9.17, 15) is 18.3 Å². The maximum Gasteiger partial charge on any atom is 0.416 e. The first-order valence-corrected chi connectivity index (χ1v) is 8.80. The summed E-state index contributed by atoms with van der Waals surface area (Å²) in [6.07, 6.45) is -0.975. The molecule has 0 unspecified atom stereocenters. The zero-order valence-corrected chi connectivity index (χ0v) is 14.8. The average Bonchev–Trinajstić information content (AvgIpc) is 3.01. The largest absolute Gasteiger partial charge is 0.416 e. The quantitative estimate of drug-likeness (QED) is 0.850. The van der Waals surface area contributed by atoms with Crippen molar-refractivity contribution in [3.05, 3.63) is 53.1 Å². The predicted molar refractivity (Wildman–Crippen MR) is 92.5 cm³/mol. The Kier molecular flexibility index (Phi) is 5.39. The highest BCUT2D eigenvalue weighted by Gasteiger charge is 2.38. The van der Waals surface area contributed by atoms with Gasteiger partial charge in [-0.25, -0.2) is 4.98 Å². The summed E-state index contributed by atoms with van der Waals surface area (Å²) in [6.45, 7) is 4.02. The molecule has 0 saturated carbocycles. The van der Waals surface area contributed by atoms with Crippen LogP contribution < -0.4 is 0 Å². The van der Waals surface area contributed by atoms with Gasteiger partial charge in [-0.05, 0) is 56.3 Å². The van der Waals surface area contributed by atoms with E-state index >= 15 is 0 Å². The van der Waals surface area contributed by atoms with Crippen LogP contribution in [0, 0.1) is 12.3 Å². The maximum absolute atomic E-state index is 13.3. The van der Waals surface area contributed by atoms with E-state index < -0.39 is 17.2 Å². The minimum atomic E-state index is -4.37. The fourth-order valence-electron chi connectivity index (χ4n) is 3.72. The van der Waals surface area contributed by atoms with Gasteiger partial charge in [-0.2, -0.15) is 13.2 Å². The van der Waals surface area contributed by atoms with Crippen LogP contribution in [0.1, 0.15) is 35.5 Å². The van der Waals surface area contributed by atoms with E-state index in [1.165, 1.54) is 12.1 Å². The second-order valence-corrected chi connectivity index (χ2v) is 7.26. The van der Waals surface area contributed by atoms with Crippen LogP contribution in [-0.2, 0) is 19.1 Å². The molecule has 1 aliphatic rings. The Hall–Kier alpha value is -1.86. The van der Waals surface area contributed by atoms with E-state index in [2.05, 4.69) is 14.9 Å². The van der Waals surface area contributed by atoms with Gasteiger partial charge in [-0.3, -0.25) is 4.90 Å². The third kappa shape index (κ3) is 4.27. The molecule has 1 aromatic heterocycles. The standard InChI is InChI=1S/C19H24F3N3O/c1-14-23-11-16(24-14)12-25-8-6-18(13-26,7-9-25)10-15-4-2-3-5-17(15)19(20,21)22/h2-5,11,26H,6-10,12-13H2,1H3,(H,23,24). The minimum absolute atomic E-state index is 0.101. The van der Waals surface area contributed by atoms with Gasteiger partial charge in [0.25, 0.3) is 0 Å². The topological polar surface area (TPSA) is 52.1 Å². The van der Waals surface area contributed by atoms with Crippen molar-refractivity contribution < 1.29 is 18.3 Å². The van der Waals surface area contributed by atoms with Crippen LogP contribution in [0.3, 0.4) is 0 Å². The van der Waals surface area contributed by atoms with E-state index in [1.807, 2.05) is 13.1 Å².